The normalized spacial score (nSPS) is 16.9. The number of aromatic nitrogens is 1. The topological polar surface area (TPSA) is 61.6 Å². The maximum Gasteiger partial charge on any atom is 0.376 e. The molecule has 1 saturated carbocycles. The summed E-state index contributed by atoms with van der Waals surface area (Å²) in [6.07, 6.45) is 2.41. The minimum Gasteiger partial charge on any atom is -0.463 e. The Labute approximate surface area is 100 Å². The first kappa shape index (κ1) is 12.1. The molecule has 0 aromatic carbocycles. The molecule has 1 aromatic heterocycles. The van der Waals surface area contributed by atoms with E-state index < -0.39 is 5.97 Å². The van der Waals surface area contributed by atoms with Gasteiger partial charge in [-0.2, -0.15) is 0 Å². The molecule has 1 aromatic rings. The second-order valence-electron chi connectivity index (χ2n) is 4.38. The molecule has 2 rings (SSSR count). The predicted molar refractivity (Wildman–Crippen MR) is 59.7 cm³/mol. The lowest BCUT2D eigenvalue weighted by atomic mass is 10.1. The van der Waals surface area contributed by atoms with Crippen LogP contribution in [0, 0.1) is 5.92 Å². The molecule has 1 unspecified atom stereocenters. The van der Waals surface area contributed by atoms with Crippen LogP contribution >= 0.6 is 0 Å². The number of nitrogens with zero attached hydrogens (tertiary/aromatic N) is 1. The van der Waals surface area contributed by atoms with Crippen LogP contribution in [0.5, 0.6) is 0 Å². The van der Waals surface area contributed by atoms with Gasteiger partial charge >= 0.3 is 5.97 Å². The Balaban J connectivity index is 2.25. The van der Waals surface area contributed by atoms with Gasteiger partial charge in [0.15, 0.2) is 5.89 Å². The van der Waals surface area contributed by atoms with Crippen LogP contribution in [0.2, 0.25) is 0 Å². The highest BCUT2D eigenvalue weighted by Crippen LogP contribution is 2.42. The molecule has 1 atom stereocenters. The van der Waals surface area contributed by atoms with Crippen LogP contribution in [0.3, 0.4) is 0 Å². The molecule has 1 aliphatic rings. The summed E-state index contributed by atoms with van der Waals surface area (Å²) in [5.74, 6) is 1.16. The first-order chi connectivity index (χ1) is 8.17. The molecule has 0 radical (unpaired) electrons. The molecule has 94 valence electrons. The molecule has 0 bridgehead atoms. The number of carbonyl (C=O) groups is 1. The molecule has 0 N–H and O–H groups in total. The Morgan fingerprint density at radius 1 is 1.53 bits per heavy atom. The average molecular weight is 239 g/mol. The van der Waals surface area contributed by atoms with Crippen molar-refractivity contribution in [3.63, 3.8) is 0 Å². The van der Waals surface area contributed by atoms with Gasteiger partial charge in [-0.05, 0) is 18.8 Å². The summed E-state index contributed by atoms with van der Waals surface area (Å²) < 4.78 is 15.2. The van der Waals surface area contributed by atoms with Crippen molar-refractivity contribution in [1.29, 1.82) is 0 Å². The van der Waals surface area contributed by atoms with Crippen LogP contribution in [-0.2, 0) is 16.1 Å². The minimum absolute atomic E-state index is 0.164. The van der Waals surface area contributed by atoms with Crippen molar-refractivity contribution in [3.05, 3.63) is 17.3 Å². The van der Waals surface area contributed by atoms with E-state index in [1.165, 1.54) is 20.0 Å². The summed E-state index contributed by atoms with van der Waals surface area (Å²) in [6.45, 7) is 2.33. The van der Waals surface area contributed by atoms with Gasteiger partial charge in [0.2, 0.25) is 5.76 Å². The van der Waals surface area contributed by atoms with E-state index in [9.17, 15) is 4.79 Å². The maximum atomic E-state index is 11.5. The Bertz CT molecular complexity index is 409. The van der Waals surface area contributed by atoms with Crippen LogP contribution in [0.1, 0.15) is 47.8 Å². The van der Waals surface area contributed by atoms with Gasteiger partial charge in [-0.15, -0.1) is 0 Å². The van der Waals surface area contributed by atoms with E-state index in [2.05, 4.69) is 16.6 Å². The third kappa shape index (κ3) is 2.49. The second kappa shape index (κ2) is 4.87. The zero-order valence-electron chi connectivity index (χ0n) is 10.4. The van der Waals surface area contributed by atoms with E-state index >= 15 is 0 Å². The number of hydrogen-bond donors (Lipinski definition) is 0. The lowest BCUT2D eigenvalue weighted by Gasteiger charge is -2.02. The molecule has 1 fully saturated rings. The van der Waals surface area contributed by atoms with Gasteiger partial charge in [-0.25, -0.2) is 9.78 Å². The molecule has 1 aliphatic carbocycles. The molecule has 5 heteroatoms. The zero-order valence-corrected chi connectivity index (χ0v) is 10.4. The molecule has 0 saturated heterocycles. The summed E-state index contributed by atoms with van der Waals surface area (Å²) in [5, 5.41) is 0. The van der Waals surface area contributed by atoms with Crippen LogP contribution in [0.25, 0.3) is 0 Å². The maximum absolute atomic E-state index is 11.5. The first-order valence-corrected chi connectivity index (χ1v) is 5.74. The smallest absolute Gasteiger partial charge is 0.376 e. The molecule has 0 aliphatic heterocycles. The van der Waals surface area contributed by atoms with Gasteiger partial charge in [0.05, 0.1) is 13.7 Å². The molecule has 17 heavy (non-hydrogen) atoms. The summed E-state index contributed by atoms with van der Waals surface area (Å²) in [7, 11) is 2.88. The van der Waals surface area contributed by atoms with E-state index in [-0.39, 0.29) is 18.3 Å². The highest BCUT2D eigenvalue weighted by atomic mass is 16.5. The molecule has 5 nitrogen and oxygen atoms in total. The lowest BCUT2D eigenvalue weighted by molar-refractivity contribution is 0.0555. The van der Waals surface area contributed by atoms with E-state index in [0.29, 0.717) is 17.5 Å². The number of carbonyl (C=O) groups excluding carboxylic acids is 1. The first-order valence-electron chi connectivity index (χ1n) is 5.74. The van der Waals surface area contributed by atoms with Gasteiger partial charge < -0.3 is 13.9 Å². The zero-order chi connectivity index (χ0) is 12.4. The quantitative estimate of drug-likeness (QED) is 0.736. The van der Waals surface area contributed by atoms with Crippen molar-refractivity contribution in [2.24, 2.45) is 5.92 Å². The van der Waals surface area contributed by atoms with Crippen molar-refractivity contribution >= 4 is 5.97 Å². The number of oxazole rings is 1. The van der Waals surface area contributed by atoms with Crippen LogP contribution in [0.15, 0.2) is 4.42 Å². The van der Waals surface area contributed by atoms with Crippen molar-refractivity contribution in [2.75, 3.05) is 14.2 Å². The van der Waals surface area contributed by atoms with E-state index in [1.807, 2.05) is 0 Å². The fraction of sp³-hybridized carbons (Fsp3) is 0.667. The molecule has 0 spiro atoms. The third-order valence-corrected chi connectivity index (χ3v) is 3.08. The van der Waals surface area contributed by atoms with E-state index in [4.69, 9.17) is 9.15 Å². The molecule has 1 heterocycles. The van der Waals surface area contributed by atoms with Crippen LogP contribution in [0.4, 0.5) is 0 Å². The van der Waals surface area contributed by atoms with Gasteiger partial charge in [0.1, 0.15) is 5.69 Å². The summed E-state index contributed by atoms with van der Waals surface area (Å²) >= 11 is 0. The predicted octanol–water partition coefficient (Wildman–Crippen LogP) is 2.12. The highest BCUT2D eigenvalue weighted by molar-refractivity contribution is 5.87. The number of rotatable bonds is 5. The largest absolute Gasteiger partial charge is 0.463 e. The fourth-order valence-corrected chi connectivity index (χ4v) is 1.85. The number of hydrogen-bond acceptors (Lipinski definition) is 5. The Kier molecular flexibility index (Phi) is 3.47. The van der Waals surface area contributed by atoms with Crippen LogP contribution in [-0.4, -0.2) is 25.2 Å². The number of ether oxygens (including phenoxy) is 2. The van der Waals surface area contributed by atoms with Gasteiger partial charge in [-0.3, -0.25) is 0 Å². The number of esters is 1. The Morgan fingerprint density at radius 3 is 2.76 bits per heavy atom. The average Bonchev–Trinajstić information content (AvgIpc) is 3.09. The van der Waals surface area contributed by atoms with Crippen LogP contribution < -0.4 is 0 Å². The second-order valence-corrected chi connectivity index (χ2v) is 4.38. The van der Waals surface area contributed by atoms with Crippen molar-refractivity contribution in [3.8, 4) is 0 Å². The molecular formula is C12H17NO4. The summed E-state index contributed by atoms with van der Waals surface area (Å²) in [6, 6.07) is 0. The SMILES string of the molecule is COCc1nc(C(C)C2CC2)oc1C(=O)OC. The Morgan fingerprint density at radius 2 is 2.24 bits per heavy atom. The van der Waals surface area contributed by atoms with E-state index in [0.717, 1.165) is 0 Å². The number of methoxy groups -OCH3 is 2. The van der Waals surface area contributed by atoms with E-state index in [1.54, 1.807) is 7.11 Å². The van der Waals surface area contributed by atoms with Gasteiger partial charge in [-0.1, -0.05) is 6.92 Å². The molecular weight excluding hydrogens is 222 g/mol. The summed E-state index contributed by atoms with van der Waals surface area (Å²) in [5.41, 5.74) is 0.516. The lowest BCUT2D eigenvalue weighted by Crippen LogP contribution is -2.04. The van der Waals surface area contributed by atoms with Crippen molar-refractivity contribution in [1.82, 2.24) is 4.98 Å². The standard InChI is InChI=1S/C12H17NO4/c1-7(8-4-5-8)11-13-9(6-15-2)10(17-11)12(14)16-3/h7-8H,4-6H2,1-3H3. The summed E-state index contributed by atoms with van der Waals surface area (Å²) in [4.78, 5) is 15.9. The van der Waals surface area contributed by atoms with Gasteiger partial charge in [0, 0.05) is 13.0 Å². The molecule has 0 amide bonds. The monoisotopic (exact) mass is 239 g/mol. The minimum atomic E-state index is -0.501. The highest BCUT2D eigenvalue weighted by Gasteiger charge is 2.33. The fourth-order valence-electron chi connectivity index (χ4n) is 1.85. The van der Waals surface area contributed by atoms with Crippen molar-refractivity contribution < 1.29 is 18.7 Å². The van der Waals surface area contributed by atoms with Gasteiger partial charge in [0.25, 0.3) is 0 Å². The van der Waals surface area contributed by atoms with Crippen molar-refractivity contribution in [2.45, 2.75) is 32.3 Å². The Hall–Kier alpha value is -1.36. The third-order valence-electron chi connectivity index (χ3n) is 3.08.